The fraction of sp³-hybridized carbons (Fsp3) is 0.571. The molecule has 21 heavy (non-hydrogen) atoms. The third-order valence-electron chi connectivity index (χ3n) is 3.85. The molecule has 1 atom stereocenters. The molecule has 0 radical (unpaired) electrons. The predicted molar refractivity (Wildman–Crippen MR) is 84.7 cm³/mol. The van der Waals surface area contributed by atoms with E-state index in [2.05, 4.69) is 20.9 Å². The van der Waals surface area contributed by atoms with E-state index in [-0.39, 0.29) is 5.91 Å². The Hall–Kier alpha value is -0.850. The number of hydrogen-bond acceptors (Lipinski definition) is 4. The zero-order valence-corrected chi connectivity index (χ0v) is 13.9. The molecule has 1 unspecified atom stereocenters. The number of carbonyl (C=O) groups excluding carboxylic acids is 1. The van der Waals surface area contributed by atoms with E-state index >= 15 is 0 Å². The van der Waals surface area contributed by atoms with E-state index in [1.165, 1.54) is 0 Å². The van der Waals surface area contributed by atoms with Gasteiger partial charge in [0.1, 0.15) is 5.82 Å². The molecule has 0 saturated carbocycles. The summed E-state index contributed by atoms with van der Waals surface area (Å²) in [5, 5.41) is 0.582. The number of pyridine rings is 1. The van der Waals surface area contributed by atoms with Gasteiger partial charge in [-0.25, -0.2) is 4.98 Å². The van der Waals surface area contributed by atoms with Crippen molar-refractivity contribution in [1.82, 2.24) is 9.88 Å². The minimum Gasteiger partial charge on any atom is -0.365 e. The summed E-state index contributed by atoms with van der Waals surface area (Å²) in [4.78, 5) is 20.7. The van der Waals surface area contributed by atoms with E-state index in [9.17, 15) is 4.79 Å². The number of carbonyl (C=O) groups is 1. The van der Waals surface area contributed by atoms with Gasteiger partial charge in [-0.1, -0.05) is 11.6 Å². The minimum absolute atomic E-state index is 0.0884. The molecule has 1 amide bonds. The highest BCUT2D eigenvalue weighted by Crippen LogP contribution is 2.28. The zero-order chi connectivity index (χ0) is 14.8. The molecule has 2 saturated heterocycles. The molecular weight excluding hydrogens is 358 g/mol. The molecule has 0 N–H and O–H groups in total. The molecule has 3 rings (SSSR count). The standard InChI is InChI=1S/C14H17BrClN3O2/c15-10-7-11(16)13(17-8-10)19-5-6-21-12(9-19)14(20)18-3-1-2-4-18/h7-8,12H,1-6,9H2. The number of halogens is 2. The Bertz CT molecular complexity index is 537. The van der Waals surface area contributed by atoms with Crippen LogP contribution in [-0.4, -0.2) is 54.7 Å². The molecule has 3 heterocycles. The van der Waals surface area contributed by atoms with Gasteiger partial charge in [0.2, 0.25) is 0 Å². The maximum atomic E-state index is 12.4. The molecule has 0 spiro atoms. The maximum Gasteiger partial charge on any atom is 0.253 e. The van der Waals surface area contributed by atoms with E-state index in [0.717, 1.165) is 30.4 Å². The fourth-order valence-corrected chi connectivity index (χ4v) is 3.52. The summed E-state index contributed by atoms with van der Waals surface area (Å²) in [5.41, 5.74) is 0. The van der Waals surface area contributed by atoms with Crippen molar-refractivity contribution in [3.8, 4) is 0 Å². The summed E-state index contributed by atoms with van der Waals surface area (Å²) in [5.74, 6) is 0.799. The number of ether oxygens (including phenoxy) is 1. The van der Waals surface area contributed by atoms with Crippen LogP contribution < -0.4 is 4.90 Å². The SMILES string of the molecule is O=C(C1CN(c2ncc(Br)cc2Cl)CCO1)N1CCCC1. The maximum absolute atomic E-state index is 12.4. The van der Waals surface area contributed by atoms with E-state index in [0.29, 0.717) is 30.5 Å². The number of nitrogens with zero attached hydrogens (tertiary/aromatic N) is 3. The predicted octanol–water partition coefficient (Wildman–Crippen LogP) is 2.33. The van der Waals surface area contributed by atoms with Gasteiger partial charge in [-0.2, -0.15) is 0 Å². The summed E-state index contributed by atoms with van der Waals surface area (Å²) < 4.78 is 6.50. The lowest BCUT2D eigenvalue weighted by Gasteiger charge is -2.35. The number of rotatable bonds is 2. The van der Waals surface area contributed by atoms with Gasteiger partial charge in [0, 0.05) is 30.3 Å². The smallest absolute Gasteiger partial charge is 0.253 e. The van der Waals surface area contributed by atoms with Crippen LogP contribution in [0, 0.1) is 0 Å². The molecule has 1 aromatic rings. The minimum atomic E-state index is -0.418. The van der Waals surface area contributed by atoms with Gasteiger partial charge in [0.15, 0.2) is 6.10 Å². The molecule has 0 bridgehead atoms. The Morgan fingerprint density at radius 1 is 1.38 bits per heavy atom. The Morgan fingerprint density at radius 3 is 2.86 bits per heavy atom. The van der Waals surface area contributed by atoms with Crippen LogP contribution in [0.3, 0.4) is 0 Å². The topological polar surface area (TPSA) is 45.7 Å². The molecule has 5 nitrogen and oxygen atoms in total. The second-order valence-electron chi connectivity index (χ2n) is 5.30. The normalized spacial score (nSPS) is 22.7. The Labute approximate surface area is 137 Å². The van der Waals surface area contributed by atoms with Crippen molar-refractivity contribution in [3.05, 3.63) is 21.8 Å². The van der Waals surface area contributed by atoms with E-state index in [1.807, 2.05) is 15.9 Å². The molecule has 7 heteroatoms. The average Bonchev–Trinajstić information content (AvgIpc) is 3.01. The van der Waals surface area contributed by atoms with Crippen LogP contribution in [0.15, 0.2) is 16.7 Å². The number of morpholine rings is 1. The molecule has 114 valence electrons. The third kappa shape index (κ3) is 3.33. The van der Waals surface area contributed by atoms with E-state index in [1.54, 1.807) is 6.20 Å². The van der Waals surface area contributed by atoms with Crippen molar-refractivity contribution in [2.75, 3.05) is 37.7 Å². The molecule has 1 aromatic heterocycles. The van der Waals surface area contributed by atoms with Gasteiger partial charge < -0.3 is 14.5 Å². The van der Waals surface area contributed by atoms with Crippen LogP contribution >= 0.6 is 27.5 Å². The van der Waals surface area contributed by atoms with Gasteiger partial charge in [0.25, 0.3) is 5.91 Å². The number of hydrogen-bond donors (Lipinski definition) is 0. The number of likely N-dealkylation sites (tertiary alicyclic amines) is 1. The van der Waals surface area contributed by atoms with Gasteiger partial charge in [-0.3, -0.25) is 4.79 Å². The molecule has 2 fully saturated rings. The second kappa shape index (κ2) is 6.50. The summed E-state index contributed by atoms with van der Waals surface area (Å²) >= 11 is 9.60. The van der Waals surface area contributed by atoms with Crippen LogP contribution in [0.4, 0.5) is 5.82 Å². The van der Waals surface area contributed by atoms with Gasteiger partial charge >= 0.3 is 0 Å². The Morgan fingerprint density at radius 2 is 2.14 bits per heavy atom. The van der Waals surface area contributed by atoms with Gasteiger partial charge in [-0.05, 0) is 34.8 Å². The van der Waals surface area contributed by atoms with Crippen LogP contribution in [0.25, 0.3) is 0 Å². The quantitative estimate of drug-likeness (QED) is 0.797. The molecule has 2 aliphatic rings. The summed E-state index contributed by atoms with van der Waals surface area (Å²) in [6.07, 6.45) is 3.47. The monoisotopic (exact) mass is 373 g/mol. The van der Waals surface area contributed by atoms with Crippen molar-refractivity contribution in [2.24, 2.45) is 0 Å². The lowest BCUT2D eigenvalue weighted by Crippen LogP contribution is -2.50. The van der Waals surface area contributed by atoms with Crippen LogP contribution in [-0.2, 0) is 9.53 Å². The fourth-order valence-electron chi connectivity index (χ4n) is 2.77. The summed E-state index contributed by atoms with van der Waals surface area (Å²) in [6, 6.07) is 1.82. The van der Waals surface area contributed by atoms with Crippen molar-refractivity contribution >= 4 is 39.3 Å². The number of amides is 1. The molecular formula is C14H17BrClN3O2. The van der Waals surface area contributed by atoms with Gasteiger partial charge in [0.05, 0.1) is 18.2 Å². The van der Waals surface area contributed by atoms with Crippen molar-refractivity contribution < 1.29 is 9.53 Å². The summed E-state index contributed by atoms with van der Waals surface area (Å²) in [6.45, 7) is 3.39. The lowest BCUT2D eigenvalue weighted by atomic mass is 10.2. The molecule has 0 aliphatic carbocycles. The van der Waals surface area contributed by atoms with Crippen molar-refractivity contribution in [3.63, 3.8) is 0 Å². The first-order valence-corrected chi connectivity index (χ1v) is 8.28. The van der Waals surface area contributed by atoms with Crippen LogP contribution in [0.5, 0.6) is 0 Å². The molecule has 2 aliphatic heterocycles. The van der Waals surface area contributed by atoms with Gasteiger partial charge in [-0.15, -0.1) is 0 Å². The van der Waals surface area contributed by atoms with Crippen LogP contribution in [0.2, 0.25) is 5.02 Å². The highest BCUT2D eigenvalue weighted by atomic mass is 79.9. The van der Waals surface area contributed by atoms with Crippen LogP contribution in [0.1, 0.15) is 12.8 Å². The van der Waals surface area contributed by atoms with Crippen molar-refractivity contribution in [1.29, 1.82) is 0 Å². The lowest BCUT2D eigenvalue weighted by molar-refractivity contribution is -0.143. The highest BCUT2D eigenvalue weighted by molar-refractivity contribution is 9.10. The Kier molecular flexibility index (Phi) is 4.66. The average molecular weight is 375 g/mol. The first-order chi connectivity index (χ1) is 10.1. The first kappa shape index (κ1) is 15.1. The van der Waals surface area contributed by atoms with Crippen molar-refractivity contribution in [2.45, 2.75) is 18.9 Å². The Balaban J connectivity index is 1.71. The summed E-state index contributed by atoms with van der Waals surface area (Å²) in [7, 11) is 0. The first-order valence-electron chi connectivity index (χ1n) is 7.11. The zero-order valence-electron chi connectivity index (χ0n) is 11.6. The third-order valence-corrected chi connectivity index (χ3v) is 4.56. The number of anilines is 1. The highest BCUT2D eigenvalue weighted by Gasteiger charge is 2.32. The largest absolute Gasteiger partial charge is 0.365 e. The number of aromatic nitrogens is 1. The second-order valence-corrected chi connectivity index (χ2v) is 6.62. The molecule has 0 aromatic carbocycles. The van der Waals surface area contributed by atoms with E-state index < -0.39 is 6.10 Å². The van der Waals surface area contributed by atoms with E-state index in [4.69, 9.17) is 16.3 Å².